The number of aryl methyl sites for hydroxylation is 1. The number of rotatable bonds is 5. The number of nitrogens with zero attached hydrogens (tertiary/aromatic N) is 2. The summed E-state index contributed by atoms with van der Waals surface area (Å²) in [6, 6.07) is 0.146. The molecule has 124 valence electrons. The largest absolute Gasteiger partial charge is 0.373 e. The molecule has 7 heteroatoms. The fourth-order valence-electron chi connectivity index (χ4n) is 2.67. The van der Waals surface area contributed by atoms with Gasteiger partial charge >= 0.3 is 6.03 Å². The van der Waals surface area contributed by atoms with E-state index in [1.54, 1.807) is 11.3 Å². The van der Waals surface area contributed by atoms with Crippen molar-refractivity contribution >= 4 is 17.4 Å². The molecule has 1 fully saturated rings. The van der Waals surface area contributed by atoms with Crippen LogP contribution in [0.15, 0.2) is 5.38 Å². The van der Waals surface area contributed by atoms with Crippen molar-refractivity contribution in [1.82, 2.24) is 20.5 Å². The Kier molecular flexibility index (Phi) is 6.16. The smallest absolute Gasteiger partial charge is 0.315 e. The maximum Gasteiger partial charge on any atom is 0.315 e. The van der Waals surface area contributed by atoms with Gasteiger partial charge < -0.3 is 15.4 Å². The second-order valence-corrected chi connectivity index (χ2v) is 7.04. The van der Waals surface area contributed by atoms with Crippen LogP contribution in [0.5, 0.6) is 0 Å². The van der Waals surface area contributed by atoms with E-state index in [4.69, 9.17) is 4.74 Å². The van der Waals surface area contributed by atoms with Crippen molar-refractivity contribution in [1.29, 1.82) is 0 Å². The van der Waals surface area contributed by atoms with E-state index in [9.17, 15) is 4.79 Å². The molecule has 2 heterocycles. The fourth-order valence-corrected chi connectivity index (χ4v) is 3.28. The molecule has 2 N–H and O–H groups in total. The van der Waals surface area contributed by atoms with Crippen LogP contribution in [0, 0.1) is 6.92 Å². The van der Waals surface area contributed by atoms with Crippen LogP contribution < -0.4 is 10.6 Å². The van der Waals surface area contributed by atoms with E-state index >= 15 is 0 Å². The summed E-state index contributed by atoms with van der Waals surface area (Å²) in [5, 5.41) is 8.75. The number of carbonyl (C=O) groups is 1. The predicted octanol–water partition coefficient (Wildman–Crippen LogP) is 1.75. The van der Waals surface area contributed by atoms with Gasteiger partial charge in [0, 0.05) is 31.1 Å². The molecule has 3 atom stereocenters. The molecule has 1 saturated heterocycles. The van der Waals surface area contributed by atoms with E-state index < -0.39 is 0 Å². The van der Waals surface area contributed by atoms with E-state index in [-0.39, 0.29) is 18.2 Å². The van der Waals surface area contributed by atoms with Gasteiger partial charge in [0.15, 0.2) is 0 Å². The average molecular weight is 326 g/mol. The quantitative estimate of drug-likeness (QED) is 0.865. The number of hydrogen-bond donors (Lipinski definition) is 2. The third kappa shape index (κ3) is 5.23. The summed E-state index contributed by atoms with van der Waals surface area (Å²) < 4.78 is 5.73. The SMILES string of the molecule is Cc1nc(CNC(=O)NC[C@H](C)N2C[C@@H](C)O[C@@H](C)C2)cs1. The number of hydrogen-bond acceptors (Lipinski definition) is 5. The number of nitrogens with one attached hydrogen (secondary N) is 2. The summed E-state index contributed by atoms with van der Waals surface area (Å²) in [6.07, 6.45) is 0.487. The summed E-state index contributed by atoms with van der Waals surface area (Å²) in [5.41, 5.74) is 0.904. The summed E-state index contributed by atoms with van der Waals surface area (Å²) >= 11 is 1.59. The monoisotopic (exact) mass is 326 g/mol. The molecule has 6 nitrogen and oxygen atoms in total. The van der Waals surface area contributed by atoms with Crippen molar-refractivity contribution in [3.8, 4) is 0 Å². The molecule has 0 bridgehead atoms. The van der Waals surface area contributed by atoms with Crippen LogP contribution in [0.2, 0.25) is 0 Å². The zero-order valence-corrected chi connectivity index (χ0v) is 14.6. The van der Waals surface area contributed by atoms with Gasteiger partial charge in [-0.3, -0.25) is 4.90 Å². The fraction of sp³-hybridized carbons (Fsp3) is 0.733. The Hall–Kier alpha value is -1.18. The number of aromatic nitrogens is 1. The van der Waals surface area contributed by atoms with Crippen molar-refractivity contribution in [2.24, 2.45) is 0 Å². The van der Waals surface area contributed by atoms with Crippen molar-refractivity contribution in [3.05, 3.63) is 16.1 Å². The predicted molar refractivity (Wildman–Crippen MR) is 88.1 cm³/mol. The van der Waals surface area contributed by atoms with Crippen LogP contribution in [0.3, 0.4) is 0 Å². The van der Waals surface area contributed by atoms with E-state index in [2.05, 4.69) is 41.3 Å². The topological polar surface area (TPSA) is 66.5 Å². The molecule has 1 aromatic heterocycles. The highest BCUT2D eigenvalue weighted by Crippen LogP contribution is 2.13. The van der Waals surface area contributed by atoms with Crippen molar-refractivity contribution in [2.45, 2.75) is 52.5 Å². The van der Waals surface area contributed by atoms with Gasteiger partial charge in [0.1, 0.15) is 0 Å². The van der Waals surface area contributed by atoms with Crippen LogP contribution in [-0.4, -0.2) is 53.8 Å². The molecule has 1 aromatic rings. The van der Waals surface area contributed by atoms with Crippen LogP contribution in [-0.2, 0) is 11.3 Å². The molecule has 22 heavy (non-hydrogen) atoms. The standard InChI is InChI=1S/C15H26N4O2S/c1-10(19-7-11(2)21-12(3)8-19)5-16-15(20)17-6-14-9-22-13(4)18-14/h9-12H,5-8H2,1-4H3,(H2,16,17,20)/t10-,11-,12+/m0/s1. The first kappa shape index (κ1) is 17.2. The van der Waals surface area contributed by atoms with E-state index in [1.165, 1.54) is 0 Å². The Bertz CT molecular complexity index is 484. The van der Waals surface area contributed by atoms with Gasteiger partial charge in [0.25, 0.3) is 0 Å². The van der Waals surface area contributed by atoms with Crippen molar-refractivity contribution < 1.29 is 9.53 Å². The van der Waals surface area contributed by atoms with Crippen LogP contribution in [0.25, 0.3) is 0 Å². The maximum atomic E-state index is 11.8. The van der Waals surface area contributed by atoms with Gasteiger partial charge in [0.05, 0.1) is 29.5 Å². The zero-order chi connectivity index (χ0) is 16.1. The molecule has 2 amide bonds. The Morgan fingerprint density at radius 2 is 2.14 bits per heavy atom. The number of morpholine rings is 1. The zero-order valence-electron chi connectivity index (χ0n) is 13.8. The molecule has 0 saturated carbocycles. The molecule has 1 aliphatic heterocycles. The number of carbonyl (C=O) groups excluding carboxylic acids is 1. The molecule has 0 aromatic carbocycles. The van der Waals surface area contributed by atoms with Gasteiger partial charge in [-0.2, -0.15) is 0 Å². The van der Waals surface area contributed by atoms with E-state index in [1.807, 2.05) is 12.3 Å². The normalized spacial score (nSPS) is 24.0. The summed E-state index contributed by atoms with van der Waals surface area (Å²) in [7, 11) is 0. The van der Waals surface area contributed by atoms with Gasteiger partial charge in [-0.15, -0.1) is 11.3 Å². The van der Waals surface area contributed by atoms with Gasteiger partial charge in [-0.1, -0.05) is 0 Å². The Morgan fingerprint density at radius 1 is 1.45 bits per heavy atom. The minimum Gasteiger partial charge on any atom is -0.373 e. The average Bonchev–Trinajstić information content (AvgIpc) is 2.87. The number of urea groups is 1. The van der Waals surface area contributed by atoms with Gasteiger partial charge in [0.2, 0.25) is 0 Å². The number of ether oxygens (including phenoxy) is 1. The first-order valence-corrected chi connectivity index (χ1v) is 8.64. The first-order valence-electron chi connectivity index (χ1n) is 7.76. The second-order valence-electron chi connectivity index (χ2n) is 5.98. The summed E-state index contributed by atoms with van der Waals surface area (Å²) in [6.45, 7) is 11.2. The molecular formula is C15H26N4O2S. The second kappa shape index (κ2) is 7.89. The Labute approximate surface area is 136 Å². The van der Waals surface area contributed by atoms with Crippen LogP contribution >= 0.6 is 11.3 Å². The van der Waals surface area contributed by atoms with E-state index in [0.717, 1.165) is 23.8 Å². The maximum absolute atomic E-state index is 11.8. The summed E-state index contributed by atoms with van der Waals surface area (Å²) in [4.78, 5) is 18.5. The molecule has 0 spiro atoms. The molecule has 1 aliphatic rings. The third-order valence-corrected chi connectivity index (χ3v) is 4.55. The lowest BCUT2D eigenvalue weighted by Gasteiger charge is -2.38. The van der Waals surface area contributed by atoms with Crippen LogP contribution in [0.1, 0.15) is 31.5 Å². The number of amides is 2. The van der Waals surface area contributed by atoms with Gasteiger partial charge in [-0.05, 0) is 27.7 Å². The highest BCUT2D eigenvalue weighted by molar-refractivity contribution is 7.09. The Morgan fingerprint density at radius 3 is 2.73 bits per heavy atom. The number of thiazole rings is 1. The highest BCUT2D eigenvalue weighted by Gasteiger charge is 2.25. The molecular weight excluding hydrogens is 300 g/mol. The summed E-state index contributed by atoms with van der Waals surface area (Å²) in [5.74, 6) is 0. The third-order valence-electron chi connectivity index (χ3n) is 3.73. The minimum atomic E-state index is -0.146. The Balaban J connectivity index is 1.69. The van der Waals surface area contributed by atoms with Gasteiger partial charge in [-0.25, -0.2) is 9.78 Å². The van der Waals surface area contributed by atoms with Crippen molar-refractivity contribution in [2.75, 3.05) is 19.6 Å². The lowest BCUT2D eigenvalue weighted by molar-refractivity contribution is -0.0778. The molecule has 0 radical (unpaired) electrons. The molecule has 0 aliphatic carbocycles. The van der Waals surface area contributed by atoms with E-state index in [0.29, 0.717) is 19.1 Å². The minimum absolute atomic E-state index is 0.146. The lowest BCUT2D eigenvalue weighted by atomic mass is 10.2. The highest BCUT2D eigenvalue weighted by atomic mass is 32.1. The van der Waals surface area contributed by atoms with Crippen molar-refractivity contribution in [3.63, 3.8) is 0 Å². The van der Waals surface area contributed by atoms with Crippen LogP contribution in [0.4, 0.5) is 4.79 Å². The molecule has 2 rings (SSSR count). The molecule has 0 unspecified atom stereocenters. The first-order chi connectivity index (χ1) is 10.4. The lowest BCUT2D eigenvalue weighted by Crippen LogP contribution is -2.52.